The number of piperidine rings is 1. The van der Waals surface area contributed by atoms with E-state index in [9.17, 15) is 4.79 Å². The SMILES string of the molecule is Cc1nn(C)c(Cl)c1CC(=O)C1CCC2CCCCC2N1. The molecule has 116 valence electrons. The van der Waals surface area contributed by atoms with Gasteiger partial charge in [0.15, 0.2) is 5.78 Å². The summed E-state index contributed by atoms with van der Waals surface area (Å²) >= 11 is 6.24. The zero-order valence-electron chi connectivity index (χ0n) is 12.9. The molecular weight excluding hydrogens is 286 g/mol. The summed E-state index contributed by atoms with van der Waals surface area (Å²) in [5.74, 6) is 1.04. The Hall–Kier alpha value is -0.870. The van der Waals surface area contributed by atoms with Crippen LogP contribution in [-0.2, 0) is 18.3 Å². The topological polar surface area (TPSA) is 46.9 Å². The van der Waals surface area contributed by atoms with Gasteiger partial charge in [-0.2, -0.15) is 5.10 Å². The molecular formula is C16H24ClN3O. The van der Waals surface area contributed by atoms with Crippen LogP contribution in [0.25, 0.3) is 0 Å². The van der Waals surface area contributed by atoms with Gasteiger partial charge in [0, 0.05) is 25.1 Å². The molecule has 0 aromatic carbocycles. The minimum Gasteiger partial charge on any atom is -0.304 e. The van der Waals surface area contributed by atoms with Crippen molar-refractivity contribution in [1.82, 2.24) is 15.1 Å². The van der Waals surface area contributed by atoms with Crippen molar-refractivity contribution in [2.75, 3.05) is 0 Å². The van der Waals surface area contributed by atoms with Crippen LogP contribution in [0, 0.1) is 12.8 Å². The molecule has 1 saturated heterocycles. The first-order valence-electron chi connectivity index (χ1n) is 8.03. The van der Waals surface area contributed by atoms with Crippen molar-refractivity contribution >= 4 is 17.4 Å². The molecule has 2 aliphatic rings. The number of rotatable bonds is 3. The summed E-state index contributed by atoms with van der Waals surface area (Å²) in [5, 5.41) is 8.48. The molecule has 3 unspecified atom stereocenters. The van der Waals surface area contributed by atoms with Crippen molar-refractivity contribution in [3.63, 3.8) is 0 Å². The number of Topliss-reactive ketones (excluding diaryl/α,β-unsaturated/α-hetero) is 1. The van der Waals surface area contributed by atoms with Gasteiger partial charge in [0.1, 0.15) is 5.15 Å². The minimum absolute atomic E-state index is 0.0000211. The molecule has 2 fully saturated rings. The van der Waals surface area contributed by atoms with Crippen LogP contribution < -0.4 is 5.32 Å². The molecule has 0 radical (unpaired) electrons. The maximum Gasteiger partial charge on any atom is 0.154 e. The highest BCUT2D eigenvalue weighted by Gasteiger charge is 2.34. The summed E-state index contributed by atoms with van der Waals surface area (Å²) in [7, 11) is 1.81. The third-order valence-corrected chi connectivity index (χ3v) is 5.63. The van der Waals surface area contributed by atoms with E-state index in [-0.39, 0.29) is 11.8 Å². The summed E-state index contributed by atoms with van der Waals surface area (Å²) in [6.45, 7) is 1.92. The average molecular weight is 310 g/mol. The van der Waals surface area contributed by atoms with E-state index in [0.29, 0.717) is 17.6 Å². The fraction of sp³-hybridized carbons (Fsp3) is 0.750. The van der Waals surface area contributed by atoms with Gasteiger partial charge in [-0.1, -0.05) is 24.4 Å². The molecule has 1 saturated carbocycles. The summed E-state index contributed by atoms with van der Waals surface area (Å²) < 4.78 is 1.64. The zero-order valence-corrected chi connectivity index (χ0v) is 13.6. The first-order chi connectivity index (χ1) is 10.1. The van der Waals surface area contributed by atoms with Crippen LogP contribution in [0.15, 0.2) is 0 Å². The predicted octanol–water partition coefficient (Wildman–Crippen LogP) is 2.80. The van der Waals surface area contributed by atoms with Gasteiger partial charge in [0.05, 0.1) is 11.7 Å². The molecule has 5 heteroatoms. The smallest absolute Gasteiger partial charge is 0.154 e. The van der Waals surface area contributed by atoms with E-state index in [0.717, 1.165) is 23.6 Å². The lowest BCUT2D eigenvalue weighted by Crippen LogP contribution is -2.52. The van der Waals surface area contributed by atoms with E-state index in [2.05, 4.69) is 10.4 Å². The highest BCUT2D eigenvalue weighted by atomic mass is 35.5. The third kappa shape index (κ3) is 3.02. The Morgan fingerprint density at radius 2 is 2.10 bits per heavy atom. The van der Waals surface area contributed by atoms with E-state index in [1.165, 1.54) is 32.1 Å². The van der Waals surface area contributed by atoms with Gasteiger partial charge in [-0.25, -0.2) is 0 Å². The van der Waals surface area contributed by atoms with Gasteiger partial charge in [0.2, 0.25) is 0 Å². The van der Waals surface area contributed by atoms with Crippen LogP contribution >= 0.6 is 11.6 Å². The second-order valence-electron chi connectivity index (χ2n) is 6.57. The molecule has 1 aliphatic carbocycles. The van der Waals surface area contributed by atoms with Crippen molar-refractivity contribution in [2.45, 2.75) is 64.0 Å². The lowest BCUT2D eigenvalue weighted by molar-refractivity contribution is -0.121. The van der Waals surface area contributed by atoms with Crippen LogP contribution in [0.2, 0.25) is 5.15 Å². The van der Waals surface area contributed by atoms with Gasteiger partial charge in [0.25, 0.3) is 0 Å². The number of nitrogens with one attached hydrogen (secondary N) is 1. The van der Waals surface area contributed by atoms with Gasteiger partial charge in [-0.3, -0.25) is 9.48 Å². The number of carbonyl (C=O) groups is 1. The number of hydrogen-bond acceptors (Lipinski definition) is 3. The van der Waals surface area contributed by atoms with Crippen molar-refractivity contribution in [3.8, 4) is 0 Å². The quantitative estimate of drug-likeness (QED) is 0.934. The second kappa shape index (κ2) is 6.09. The van der Waals surface area contributed by atoms with Gasteiger partial charge in [-0.15, -0.1) is 0 Å². The molecule has 1 N–H and O–H groups in total. The number of hydrogen-bond donors (Lipinski definition) is 1. The van der Waals surface area contributed by atoms with Gasteiger partial charge < -0.3 is 5.32 Å². The summed E-state index contributed by atoms with van der Waals surface area (Å²) in [4.78, 5) is 12.6. The molecule has 1 aliphatic heterocycles. The zero-order chi connectivity index (χ0) is 15.0. The largest absolute Gasteiger partial charge is 0.304 e. The Kier molecular flexibility index (Phi) is 4.36. The van der Waals surface area contributed by atoms with Crippen molar-refractivity contribution < 1.29 is 4.79 Å². The third-order valence-electron chi connectivity index (χ3n) is 5.16. The van der Waals surface area contributed by atoms with E-state index in [4.69, 9.17) is 11.6 Å². The molecule has 0 spiro atoms. The number of aryl methyl sites for hydroxylation is 2. The summed E-state index contributed by atoms with van der Waals surface area (Å²) in [6, 6.07) is 0.548. The molecule has 1 aromatic heterocycles. The Labute approximate surface area is 131 Å². The Bertz CT molecular complexity index is 540. The predicted molar refractivity (Wildman–Crippen MR) is 83.6 cm³/mol. The van der Waals surface area contributed by atoms with Gasteiger partial charge >= 0.3 is 0 Å². The highest BCUT2D eigenvalue weighted by molar-refractivity contribution is 6.30. The fourth-order valence-corrected chi connectivity index (χ4v) is 4.16. The molecule has 2 heterocycles. The van der Waals surface area contributed by atoms with Crippen LogP contribution in [0.1, 0.15) is 49.8 Å². The van der Waals surface area contributed by atoms with Crippen molar-refractivity contribution in [3.05, 3.63) is 16.4 Å². The fourth-order valence-electron chi connectivity index (χ4n) is 3.92. The number of halogens is 1. The van der Waals surface area contributed by atoms with E-state index < -0.39 is 0 Å². The number of nitrogens with zero attached hydrogens (tertiary/aromatic N) is 2. The number of fused-ring (bicyclic) bond motifs is 1. The molecule has 21 heavy (non-hydrogen) atoms. The Balaban J connectivity index is 1.65. The Morgan fingerprint density at radius 1 is 1.33 bits per heavy atom. The molecule has 0 bridgehead atoms. The van der Waals surface area contributed by atoms with E-state index in [1.54, 1.807) is 4.68 Å². The van der Waals surface area contributed by atoms with Crippen LogP contribution in [0.3, 0.4) is 0 Å². The first-order valence-corrected chi connectivity index (χ1v) is 8.40. The highest BCUT2D eigenvalue weighted by Crippen LogP contribution is 2.32. The normalized spacial score (nSPS) is 29.2. The molecule has 3 atom stereocenters. The van der Waals surface area contributed by atoms with Crippen molar-refractivity contribution in [2.24, 2.45) is 13.0 Å². The summed E-state index contributed by atoms with van der Waals surface area (Å²) in [6.07, 6.45) is 7.75. The van der Waals surface area contributed by atoms with Gasteiger partial charge in [-0.05, 0) is 38.5 Å². The molecule has 1 aromatic rings. The van der Waals surface area contributed by atoms with Crippen LogP contribution in [-0.4, -0.2) is 27.6 Å². The van der Waals surface area contributed by atoms with Crippen LogP contribution in [0.4, 0.5) is 0 Å². The first kappa shape index (κ1) is 15.0. The number of aromatic nitrogens is 2. The Morgan fingerprint density at radius 3 is 2.81 bits per heavy atom. The lowest BCUT2D eigenvalue weighted by Gasteiger charge is -2.40. The lowest BCUT2D eigenvalue weighted by atomic mass is 9.77. The maximum atomic E-state index is 12.6. The van der Waals surface area contributed by atoms with E-state index in [1.807, 2.05) is 14.0 Å². The monoisotopic (exact) mass is 309 g/mol. The molecule has 3 rings (SSSR count). The standard InChI is InChI=1S/C16H24ClN3O/c1-10-12(16(17)20(2)19-10)9-15(21)14-8-7-11-5-3-4-6-13(11)18-14/h11,13-14,18H,3-9H2,1-2H3. The van der Waals surface area contributed by atoms with Crippen molar-refractivity contribution in [1.29, 1.82) is 0 Å². The number of carbonyl (C=O) groups excluding carboxylic acids is 1. The van der Waals surface area contributed by atoms with Crippen LogP contribution in [0.5, 0.6) is 0 Å². The van der Waals surface area contributed by atoms with E-state index >= 15 is 0 Å². The minimum atomic E-state index is 0.0000211. The summed E-state index contributed by atoms with van der Waals surface area (Å²) in [5.41, 5.74) is 1.75. The average Bonchev–Trinajstić information content (AvgIpc) is 2.73. The maximum absolute atomic E-state index is 12.6. The second-order valence-corrected chi connectivity index (χ2v) is 6.93. The number of ketones is 1. The molecule has 0 amide bonds. The molecule has 4 nitrogen and oxygen atoms in total.